The highest BCUT2D eigenvalue weighted by atomic mass is 14.3. The van der Waals surface area contributed by atoms with E-state index in [2.05, 4.69) is 44.2 Å². The Morgan fingerprint density at radius 2 is 1.80 bits per heavy atom. The van der Waals surface area contributed by atoms with Gasteiger partial charge in [0, 0.05) is 0 Å². The summed E-state index contributed by atoms with van der Waals surface area (Å²) in [6.45, 7) is 4.83. The summed E-state index contributed by atoms with van der Waals surface area (Å²) in [5.74, 6) is 2.78. The van der Waals surface area contributed by atoms with Gasteiger partial charge in [0.25, 0.3) is 0 Å². The van der Waals surface area contributed by atoms with Gasteiger partial charge in [0.05, 0.1) is 0 Å². The topological polar surface area (TPSA) is 0 Å². The molecule has 0 aromatic heterocycles. The molecule has 3 atom stereocenters. The second-order valence-electron chi connectivity index (χ2n) is 5.35. The molecule has 1 aromatic rings. The maximum Gasteiger partial charge on any atom is -0.0248 e. The maximum atomic E-state index is 2.43. The second kappa shape index (κ2) is 4.83. The fraction of sp³-hybridized carbons (Fsp3) is 0.600. The van der Waals surface area contributed by atoms with E-state index in [0.29, 0.717) is 0 Å². The van der Waals surface area contributed by atoms with Crippen molar-refractivity contribution in [2.45, 2.75) is 39.5 Å². The fourth-order valence-electron chi connectivity index (χ4n) is 2.95. The highest BCUT2D eigenvalue weighted by molar-refractivity contribution is 5.15. The van der Waals surface area contributed by atoms with Gasteiger partial charge in [-0.2, -0.15) is 0 Å². The van der Waals surface area contributed by atoms with E-state index in [4.69, 9.17) is 0 Å². The van der Waals surface area contributed by atoms with Crippen LogP contribution in [0.5, 0.6) is 0 Å². The van der Waals surface area contributed by atoms with Crippen molar-refractivity contribution in [3.8, 4) is 0 Å². The van der Waals surface area contributed by atoms with Gasteiger partial charge in [0.2, 0.25) is 0 Å². The fourth-order valence-corrected chi connectivity index (χ4v) is 2.95. The van der Waals surface area contributed by atoms with Crippen LogP contribution in [0.3, 0.4) is 0 Å². The molecule has 0 heterocycles. The zero-order chi connectivity index (χ0) is 10.7. The van der Waals surface area contributed by atoms with Crippen LogP contribution < -0.4 is 0 Å². The lowest BCUT2D eigenvalue weighted by Crippen LogP contribution is -2.23. The molecule has 0 heteroatoms. The van der Waals surface area contributed by atoms with Gasteiger partial charge in [-0.05, 0) is 42.6 Å². The molecule has 0 nitrogen and oxygen atoms in total. The van der Waals surface area contributed by atoms with Crippen LogP contribution >= 0.6 is 0 Å². The minimum absolute atomic E-state index is 0.911. The Morgan fingerprint density at radius 3 is 2.47 bits per heavy atom. The second-order valence-corrected chi connectivity index (χ2v) is 5.35. The summed E-state index contributed by atoms with van der Waals surface area (Å²) in [5, 5.41) is 0. The number of rotatable bonds is 2. The Balaban J connectivity index is 1.95. The zero-order valence-electron chi connectivity index (χ0n) is 9.95. The van der Waals surface area contributed by atoms with E-state index in [9.17, 15) is 0 Å². The molecule has 2 rings (SSSR count). The van der Waals surface area contributed by atoms with Crippen LogP contribution in [0.4, 0.5) is 0 Å². The Bertz CT molecular complexity index is 288. The molecule has 1 aromatic carbocycles. The zero-order valence-corrected chi connectivity index (χ0v) is 9.95. The van der Waals surface area contributed by atoms with Crippen LogP contribution in [-0.4, -0.2) is 0 Å². The first-order valence-corrected chi connectivity index (χ1v) is 6.29. The summed E-state index contributed by atoms with van der Waals surface area (Å²) in [6.07, 6.45) is 5.57. The molecular weight excluding hydrogens is 180 g/mol. The van der Waals surface area contributed by atoms with E-state index in [-0.39, 0.29) is 0 Å². The monoisotopic (exact) mass is 202 g/mol. The summed E-state index contributed by atoms with van der Waals surface area (Å²) >= 11 is 0. The smallest absolute Gasteiger partial charge is 0.0248 e. The molecule has 82 valence electrons. The average molecular weight is 202 g/mol. The van der Waals surface area contributed by atoms with Gasteiger partial charge in [-0.25, -0.2) is 0 Å². The van der Waals surface area contributed by atoms with E-state index in [1.807, 2.05) is 0 Å². The Morgan fingerprint density at radius 1 is 1.07 bits per heavy atom. The minimum atomic E-state index is 0.911. The Hall–Kier alpha value is -0.780. The largest absolute Gasteiger partial charge is 0.0625 e. The summed E-state index contributed by atoms with van der Waals surface area (Å²) in [6, 6.07) is 11.0. The van der Waals surface area contributed by atoms with E-state index in [0.717, 1.165) is 17.8 Å². The maximum absolute atomic E-state index is 2.43. The van der Waals surface area contributed by atoms with Gasteiger partial charge < -0.3 is 0 Å². The SMILES string of the molecule is CC1CCC(Cc2ccccc2)C(C)C1. The van der Waals surface area contributed by atoms with Crippen molar-refractivity contribution in [1.29, 1.82) is 0 Å². The standard InChI is InChI=1S/C15H22/c1-12-8-9-15(13(2)10-12)11-14-6-4-3-5-7-14/h3-7,12-13,15H,8-11H2,1-2H3. The summed E-state index contributed by atoms with van der Waals surface area (Å²) < 4.78 is 0. The molecule has 3 unspecified atom stereocenters. The third-order valence-corrected chi connectivity index (χ3v) is 3.95. The number of hydrogen-bond donors (Lipinski definition) is 0. The molecular formula is C15H22. The quantitative estimate of drug-likeness (QED) is 0.670. The average Bonchev–Trinajstić information content (AvgIpc) is 2.24. The van der Waals surface area contributed by atoms with Gasteiger partial charge in [-0.3, -0.25) is 0 Å². The van der Waals surface area contributed by atoms with Gasteiger partial charge in [-0.1, -0.05) is 50.6 Å². The first-order chi connectivity index (χ1) is 7.25. The van der Waals surface area contributed by atoms with Crippen LogP contribution in [0.25, 0.3) is 0 Å². The van der Waals surface area contributed by atoms with Crippen molar-refractivity contribution in [3.63, 3.8) is 0 Å². The lowest BCUT2D eigenvalue weighted by atomic mass is 9.73. The van der Waals surface area contributed by atoms with Crippen molar-refractivity contribution < 1.29 is 0 Å². The molecule has 1 aliphatic carbocycles. The van der Waals surface area contributed by atoms with Crippen molar-refractivity contribution in [3.05, 3.63) is 35.9 Å². The summed E-state index contributed by atoms with van der Waals surface area (Å²) in [7, 11) is 0. The molecule has 0 N–H and O–H groups in total. The molecule has 1 aliphatic rings. The lowest BCUT2D eigenvalue weighted by Gasteiger charge is -2.32. The van der Waals surface area contributed by atoms with Crippen LogP contribution in [0.15, 0.2) is 30.3 Å². The molecule has 0 amide bonds. The molecule has 0 saturated heterocycles. The summed E-state index contributed by atoms with van der Waals surface area (Å²) in [5.41, 5.74) is 1.52. The first kappa shape index (κ1) is 10.7. The van der Waals surface area contributed by atoms with Crippen molar-refractivity contribution in [2.75, 3.05) is 0 Å². The van der Waals surface area contributed by atoms with Crippen LogP contribution in [0.1, 0.15) is 38.7 Å². The Kier molecular flexibility index (Phi) is 3.45. The van der Waals surface area contributed by atoms with Gasteiger partial charge >= 0.3 is 0 Å². The van der Waals surface area contributed by atoms with E-state index in [1.54, 1.807) is 0 Å². The summed E-state index contributed by atoms with van der Waals surface area (Å²) in [4.78, 5) is 0. The van der Waals surface area contributed by atoms with Crippen LogP contribution in [-0.2, 0) is 6.42 Å². The van der Waals surface area contributed by atoms with Crippen LogP contribution in [0.2, 0.25) is 0 Å². The predicted molar refractivity (Wildman–Crippen MR) is 65.8 cm³/mol. The third kappa shape index (κ3) is 2.84. The van der Waals surface area contributed by atoms with Crippen LogP contribution in [0, 0.1) is 17.8 Å². The van der Waals surface area contributed by atoms with E-state index in [1.165, 1.54) is 31.2 Å². The first-order valence-electron chi connectivity index (χ1n) is 6.29. The van der Waals surface area contributed by atoms with Gasteiger partial charge in [-0.15, -0.1) is 0 Å². The van der Waals surface area contributed by atoms with E-state index >= 15 is 0 Å². The molecule has 1 saturated carbocycles. The van der Waals surface area contributed by atoms with Gasteiger partial charge in [0.15, 0.2) is 0 Å². The molecule has 0 bridgehead atoms. The highest BCUT2D eigenvalue weighted by Crippen LogP contribution is 2.35. The minimum Gasteiger partial charge on any atom is -0.0625 e. The molecule has 15 heavy (non-hydrogen) atoms. The van der Waals surface area contributed by atoms with Crippen molar-refractivity contribution >= 4 is 0 Å². The van der Waals surface area contributed by atoms with E-state index < -0.39 is 0 Å². The molecule has 0 radical (unpaired) electrons. The number of hydrogen-bond acceptors (Lipinski definition) is 0. The molecule has 1 fully saturated rings. The predicted octanol–water partition coefficient (Wildman–Crippen LogP) is 4.30. The van der Waals surface area contributed by atoms with Crippen molar-refractivity contribution in [2.24, 2.45) is 17.8 Å². The normalized spacial score (nSPS) is 31.5. The highest BCUT2D eigenvalue weighted by Gasteiger charge is 2.24. The molecule has 0 aliphatic heterocycles. The third-order valence-electron chi connectivity index (χ3n) is 3.95. The lowest BCUT2D eigenvalue weighted by molar-refractivity contribution is 0.203. The Labute approximate surface area is 93.7 Å². The van der Waals surface area contributed by atoms with Gasteiger partial charge in [0.1, 0.15) is 0 Å². The number of benzene rings is 1. The van der Waals surface area contributed by atoms with Crippen molar-refractivity contribution in [1.82, 2.24) is 0 Å². The molecule has 0 spiro atoms.